The molecular weight excluding hydrogens is 465 g/mol. The van der Waals surface area contributed by atoms with E-state index in [9.17, 15) is 35.5 Å². The molecule has 0 aromatic carbocycles. The standard InChI is InChI=1S/C20H31F7N2O2S/c1-12(2)13-6-8-14(9-7-13)31-11-16-15(28-32-3)5-4-10-29(16)17(30)18(21,22)19(23,24)20(25,26)27/h12-16,28H,4-11H2,1-3H3/t13?,14?,15?,16-/m0/s1. The van der Waals surface area contributed by atoms with Gasteiger partial charge in [0.05, 0.1) is 18.8 Å². The summed E-state index contributed by atoms with van der Waals surface area (Å²) < 4.78 is 102. The third-order valence-corrected chi connectivity index (χ3v) is 7.03. The maximum Gasteiger partial charge on any atom is 0.460 e. The maximum atomic E-state index is 14.1. The van der Waals surface area contributed by atoms with Crippen LogP contribution >= 0.6 is 11.9 Å². The first-order chi connectivity index (χ1) is 14.7. The molecule has 0 radical (unpaired) electrons. The van der Waals surface area contributed by atoms with Gasteiger partial charge in [-0.25, -0.2) is 0 Å². The Labute approximate surface area is 188 Å². The van der Waals surface area contributed by atoms with Crippen molar-refractivity contribution in [1.29, 1.82) is 0 Å². The van der Waals surface area contributed by atoms with E-state index in [1.54, 1.807) is 6.26 Å². The van der Waals surface area contributed by atoms with Crippen molar-refractivity contribution in [1.82, 2.24) is 9.62 Å². The van der Waals surface area contributed by atoms with Crippen molar-refractivity contribution in [2.45, 2.75) is 88.6 Å². The van der Waals surface area contributed by atoms with Crippen LogP contribution in [0.2, 0.25) is 0 Å². The number of carbonyl (C=O) groups excluding carboxylic acids is 1. The topological polar surface area (TPSA) is 41.6 Å². The number of ether oxygens (including phenoxy) is 1. The summed E-state index contributed by atoms with van der Waals surface area (Å²) in [7, 11) is 0. The van der Waals surface area contributed by atoms with Crippen LogP contribution in [-0.2, 0) is 9.53 Å². The summed E-state index contributed by atoms with van der Waals surface area (Å²) in [6, 6.07) is -1.66. The zero-order valence-electron chi connectivity index (χ0n) is 18.4. The van der Waals surface area contributed by atoms with Crippen molar-refractivity contribution >= 4 is 17.9 Å². The molecule has 1 unspecified atom stereocenters. The Hall–Kier alpha value is -0.750. The SMILES string of the molecule is CSNC1CCCN(C(=O)C(F)(F)C(F)(F)C(F)(F)F)[C@H]1COC1CCC(C(C)C)CC1. The second-order valence-corrected chi connectivity index (χ2v) is 9.54. The lowest BCUT2D eigenvalue weighted by Gasteiger charge is -2.44. The number of hydrogen-bond donors (Lipinski definition) is 1. The van der Waals surface area contributed by atoms with E-state index in [1.807, 2.05) is 0 Å². The quantitative estimate of drug-likeness (QED) is 0.367. The Kier molecular flexibility index (Phi) is 9.17. The highest BCUT2D eigenvalue weighted by atomic mass is 32.2. The van der Waals surface area contributed by atoms with Crippen LogP contribution in [0.25, 0.3) is 0 Å². The average Bonchev–Trinajstić information content (AvgIpc) is 2.71. The molecule has 1 aliphatic heterocycles. The fraction of sp³-hybridized carbons (Fsp3) is 0.950. The summed E-state index contributed by atoms with van der Waals surface area (Å²) >= 11 is 1.15. The number of rotatable bonds is 8. The molecule has 2 fully saturated rings. The molecule has 0 aromatic heterocycles. The lowest BCUT2D eigenvalue weighted by atomic mass is 9.80. The Morgan fingerprint density at radius 2 is 1.66 bits per heavy atom. The van der Waals surface area contributed by atoms with Gasteiger partial charge in [-0.05, 0) is 56.6 Å². The molecule has 4 nitrogen and oxygen atoms in total. The highest BCUT2D eigenvalue weighted by Gasteiger charge is 2.77. The second-order valence-electron chi connectivity index (χ2n) is 8.90. The molecule has 32 heavy (non-hydrogen) atoms. The largest absolute Gasteiger partial charge is 0.460 e. The first-order valence-corrected chi connectivity index (χ1v) is 12.0. The van der Waals surface area contributed by atoms with Crippen LogP contribution in [0.1, 0.15) is 52.4 Å². The van der Waals surface area contributed by atoms with E-state index in [0.717, 1.165) is 37.6 Å². The number of nitrogens with one attached hydrogen (secondary N) is 1. The van der Waals surface area contributed by atoms with Gasteiger partial charge in [0.15, 0.2) is 0 Å². The molecule has 1 amide bonds. The molecule has 188 valence electrons. The molecular formula is C20H31F7N2O2S. The minimum Gasteiger partial charge on any atom is -0.376 e. The monoisotopic (exact) mass is 496 g/mol. The molecule has 2 aliphatic rings. The second kappa shape index (κ2) is 10.7. The van der Waals surface area contributed by atoms with Crippen LogP contribution in [0.5, 0.6) is 0 Å². The lowest BCUT2D eigenvalue weighted by molar-refractivity contribution is -0.346. The summed E-state index contributed by atoms with van der Waals surface area (Å²) in [5, 5.41) is 0. The molecule has 0 aromatic rings. The van der Waals surface area contributed by atoms with Crippen LogP contribution < -0.4 is 4.72 Å². The van der Waals surface area contributed by atoms with Gasteiger partial charge in [-0.15, -0.1) is 0 Å². The number of likely N-dealkylation sites (tertiary alicyclic amines) is 1. The molecule has 2 rings (SSSR count). The van der Waals surface area contributed by atoms with Gasteiger partial charge >= 0.3 is 18.0 Å². The normalized spacial score (nSPS) is 28.3. The van der Waals surface area contributed by atoms with Gasteiger partial charge in [0, 0.05) is 12.6 Å². The number of amides is 1. The number of alkyl halides is 7. The number of carbonyl (C=O) groups is 1. The van der Waals surface area contributed by atoms with E-state index in [4.69, 9.17) is 4.74 Å². The molecule has 1 saturated carbocycles. The fourth-order valence-corrected chi connectivity index (χ4v) is 5.03. The van der Waals surface area contributed by atoms with E-state index in [2.05, 4.69) is 18.6 Å². The number of hydrogen-bond acceptors (Lipinski definition) is 4. The Morgan fingerprint density at radius 1 is 1.06 bits per heavy atom. The zero-order chi connectivity index (χ0) is 24.3. The van der Waals surface area contributed by atoms with Crippen molar-refractivity contribution in [3.63, 3.8) is 0 Å². The summed E-state index contributed by atoms with van der Waals surface area (Å²) in [4.78, 5) is 12.8. The molecule has 2 atom stereocenters. The van der Waals surface area contributed by atoms with E-state index >= 15 is 0 Å². The van der Waals surface area contributed by atoms with Gasteiger partial charge in [0.1, 0.15) is 0 Å². The van der Waals surface area contributed by atoms with E-state index in [0.29, 0.717) is 23.2 Å². The van der Waals surface area contributed by atoms with Crippen LogP contribution in [0.15, 0.2) is 0 Å². The van der Waals surface area contributed by atoms with Gasteiger partial charge < -0.3 is 9.64 Å². The van der Waals surface area contributed by atoms with Gasteiger partial charge in [-0.2, -0.15) is 30.7 Å². The van der Waals surface area contributed by atoms with Crippen molar-refractivity contribution in [3.05, 3.63) is 0 Å². The minimum absolute atomic E-state index is 0.170. The van der Waals surface area contributed by atoms with Gasteiger partial charge in [-0.1, -0.05) is 25.8 Å². The minimum atomic E-state index is -6.56. The van der Waals surface area contributed by atoms with Crippen molar-refractivity contribution in [3.8, 4) is 0 Å². The van der Waals surface area contributed by atoms with Crippen LogP contribution in [0, 0.1) is 11.8 Å². The van der Waals surface area contributed by atoms with Gasteiger partial charge in [0.2, 0.25) is 0 Å². The summed E-state index contributed by atoms with van der Waals surface area (Å²) in [6.07, 6.45) is -1.09. The Morgan fingerprint density at radius 3 is 2.16 bits per heavy atom. The molecule has 1 N–H and O–H groups in total. The van der Waals surface area contributed by atoms with Crippen LogP contribution in [-0.4, -0.2) is 66.4 Å². The molecule has 1 aliphatic carbocycles. The smallest absolute Gasteiger partial charge is 0.376 e. The van der Waals surface area contributed by atoms with Crippen molar-refractivity contribution < 1.29 is 40.3 Å². The maximum absolute atomic E-state index is 14.1. The molecule has 12 heteroatoms. The fourth-order valence-electron chi connectivity index (χ4n) is 4.45. The van der Waals surface area contributed by atoms with Crippen LogP contribution in [0.4, 0.5) is 30.7 Å². The predicted octanol–water partition coefficient (Wildman–Crippen LogP) is 5.28. The molecule has 1 saturated heterocycles. The zero-order valence-corrected chi connectivity index (χ0v) is 19.2. The predicted molar refractivity (Wildman–Crippen MR) is 108 cm³/mol. The van der Waals surface area contributed by atoms with Crippen LogP contribution in [0.3, 0.4) is 0 Å². The highest BCUT2D eigenvalue weighted by molar-refractivity contribution is 7.96. The summed E-state index contributed by atoms with van der Waals surface area (Å²) in [5.74, 6) is -13.8. The van der Waals surface area contributed by atoms with Crippen molar-refractivity contribution in [2.75, 3.05) is 19.4 Å². The Bertz CT molecular complexity index is 624. The summed E-state index contributed by atoms with van der Waals surface area (Å²) in [5.41, 5.74) is 0. The van der Waals surface area contributed by atoms with Gasteiger partial charge in [0.25, 0.3) is 5.91 Å². The van der Waals surface area contributed by atoms with Gasteiger partial charge in [-0.3, -0.25) is 9.52 Å². The van der Waals surface area contributed by atoms with Crippen molar-refractivity contribution in [2.24, 2.45) is 11.8 Å². The molecule has 1 heterocycles. The highest BCUT2D eigenvalue weighted by Crippen LogP contribution is 2.47. The third-order valence-electron chi connectivity index (χ3n) is 6.49. The molecule has 0 bridgehead atoms. The van der Waals surface area contributed by atoms with E-state index in [1.165, 1.54) is 0 Å². The molecule has 0 spiro atoms. The number of nitrogens with zero attached hydrogens (tertiary/aromatic N) is 1. The first kappa shape index (κ1) is 27.5. The van der Waals surface area contributed by atoms with E-state index < -0.39 is 36.0 Å². The third kappa shape index (κ3) is 5.84. The number of halogens is 7. The van der Waals surface area contributed by atoms with E-state index in [-0.39, 0.29) is 25.7 Å². The number of piperidine rings is 1. The Balaban J connectivity index is 2.16. The summed E-state index contributed by atoms with van der Waals surface area (Å²) in [6.45, 7) is 3.71. The first-order valence-electron chi connectivity index (χ1n) is 10.8. The lowest BCUT2D eigenvalue weighted by Crippen LogP contribution is -2.65. The average molecular weight is 497 g/mol.